The maximum absolute atomic E-state index is 4.19. The van der Waals surface area contributed by atoms with Crippen molar-refractivity contribution in [1.82, 2.24) is 0 Å². The average molecular weight is 211 g/mol. The van der Waals surface area contributed by atoms with E-state index in [0.717, 1.165) is 5.92 Å². The van der Waals surface area contributed by atoms with Crippen LogP contribution in [0.25, 0.3) is 0 Å². The van der Waals surface area contributed by atoms with Crippen molar-refractivity contribution in [2.75, 3.05) is 0 Å². The lowest BCUT2D eigenvalue weighted by atomic mass is 9.98. The van der Waals surface area contributed by atoms with Crippen LogP contribution in [0.3, 0.4) is 0 Å². The highest BCUT2D eigenvalue weighted by atomic mass is 14.1. The predicted octanol–water partition coefficient (Wildman–Crippen LogP) is 5.77. The van der Waals surface area contributed by atoms with Crippen molar-refractivity contribution in [2.45, 2.75) is 84.5 Å². The fourth-order valence-corrected chi connectivity index (χ4v) is 2.12. The smallest absolute Gasteiger partial charge is 0.0414 e. The summed E-state index contributed by atoms with van der Waals surface area (Å²) in [5.74, 6) is 0.718. The van der Waals surface area contributed by atoms with Gasteiger partial charge in [0.05, 0.1) is 0 Å². The summed E-state index contributed by atoms with van der Waals surface area (Å²) in [6.07, 6.45) is 15.4. The standard InChI is InChI=1S/C15H31/c1-4-6-7-8-9-10-11-12-14-15(3)13-5-2/h15H,3-14H2,1-2H3. The maximum Gasteiger partial charge on any atom is -0.0414 e. The molecule has 0 amide bonds. The SMILES string of the molecule is [CH2]C(CCC)CCCCCCCCCC. The van der Waals surface area contributed by atoms with E-state index in [1.807, 2.05) is 0 Å². The first-order valence-electron chi connectivity index (χ1n) is 7.14. The number of rotatable bonds is 11. The second-order valence-electron chi connectivity index (χ2n) is 4.92. The Balaban J connectivity index is 2.98. The van der Waals surface area contributed by atoms with E-state index in [1.54, 1.807) is 0 Å². The minimum Gasteiger partial charge on any atom is -0.0654 e. The summed E-state index contributed by atoms with van der Waals surface area (Å²) in [5, 5.41) is 0. The molecule has 0 saturated carbocycles. The summed E-state index contributed by atoms with van der Waals surface area (Å²) >= 11 is 0. The van der Waals surface area contributed by atoms with Gasteiger partial charge in [-0.25, -0.2) is 0 Å². The summed E-state index contributed by atoms with van der Waals surface area (Å²) in [6.45, 7) is 8.72. The van der Waals surface area contributed by atoms with Gasteiger partial charge in [-0.2, -0.15) is 0 Å². The van der Waals surface area contributed by atoms with Crippen LogP contribution in [-0.4, -0.2) is 0 Å². The van der Waals surface area contributed by atoms with Crippen LogP contribution in [-0.2, 0) is 0 Å². The molecule has 0 aliphatic rings. The quantitative estimate of drug-likeness (QED) is 0.381. The molecule has 0 aromatic rings. The van der Waals surface area contributed by atoms with E-state index in [2.05, 4.69) is 20.8 Å². The highest BCUT2D eigenvalue weighted by Gasteiger charge is 1.99. The molecule has 0 aliphatic carbocycles. The average Bonchev–Trinajstić information content (AvgIpc) is 2.22. The molecule has 0 heterocycles. The summed E-state index contributed by atoms with van der Waals surface area (Å²) in [4.78, 5) is 0. The lowest BCUT2D eigenvalue weighted by Gasteiger charge is -2.08. The van der Waals surface area contributed by atoms with E-state index in [-0.39, 0.29) is 0 Å². The Hall–Kier alpha value is 0. The van der Waals surface area contributed by atoms with E-state index >= 15 is 0 Å². The van der Waals surface area contributed by atoms with Crippen molar-refractivity contribution in [3.63, 3.8) is 0 Å². The van der Waals surface area contributed by atoms with Crippen LogP contribution in [0, 0.1) is 12.8 Å². The molecule has 1 radical (unpaired) electrons. The highest BCUT2D eigenvalue weighted by Crippen LogP contribution is 2.15. The van der Waals surface area contributed by atoms with Crippen molar-refractivity contribution in [3.05, 3.63) is 6.92 Å². The van der Waals surface area contributed by atoms with Gasteiger partial charge < -0.3 is 0 Å². The molecule has 0 aromatic carbocycles. The minimum absolute atomic E-state index is 0.718. The van der Waals surface area contributed by atoms with Crippen molar-refractivity contribution in [3.8, 4) is 0 Å². The van der Waals surface area contributed by atoms with Crippen LogP contribution >= 0.6 is 0 Å². The summed E-state index contributed by atoms with van der Waals surface area (Å²) in [7, 11) is 0. The molecule has 0 rings (SSSR count). The monoisotopic (exact) mass is 211 g/mol. The van der Waals surface area contributed by atoms with Gasteiger partial charge in [-0.05, 0) is 5.92 Å². The number of hydrogen-bond acceptors (Lipinski definition) is 0. The summed E-state index contributed by atoms with van der Waals surface area (Å²) in [6, 6.07) is 0. The fraction of sp³-hybridized carbons (Fsp3) is 0.933. The molecule has 1 unspecified atom stereocenters. The van der Waals surface area contributed by atoms with Gasteiger partial charge in [0.15, 0.2) is 0 Å². The van der Waals surface area contributed by atoms with E-state index < -0.39 is 0 Å². The maximum atomic E-state index is 4.19. The molecule has 0 bridgehead atoms. The van der Waals surface area contributed by atoms with Gasteiger partial charge in [-0.3, -0.25) is 0 Å². The normalized spacial score (nSPS) is 13.0. The van der Waals surface area contributed by atoms with Crippen molar-refractivity contribution >= 4 is 0 Å². The third kappa shape index (κ3) is 11.9. The van der Waals surface area contributed by atoms with Crippen LogP contribution in [0.2, 0.25) is 0 Å². The Kier molecular flexibility index (Phi) is 12.1. The number of unbranched alkanes of at least 4 members (excludes halogenated alkanes) is 7. The zero-order valence-electron chi connectivity index (χ0n) is 11.1. The topological polar surface area (TPSA) is 0 Å². The van der Waals surface area contributed by atoms with Gasteiger partial charge in [0.2, 0.25) is 0 Å². The van der Waals surface area contributed by atoms with Crippen LogP contribution in [0.15, 0.2) is 0 Å². The highest BCUT2D eigenvalue weighted by molar-refractivity contribution is 4.60. The molecule has 0 fully saturated rings. The molecule has 91 valence electrons. The van der Waals surface area contributed by atoms with Gasteiger partial charge >= 0.3 is 0 Å². The zero-order chi connectivity index (χ0) is 11.4. The molecule has 0 spiro atoms. The van der Waals surface area contributed by atoms with Crippen LogP contribution in [0.4, 0.5) is 0 Å². The number of hydrogen-bond donors (Lipinski definition) is 0. The van der Waals surface area contributed by atoms with Crippen molar-refractivity contribution in [2.24, 2.45) is 5.92 Å². The lowest BCUT2D eigenvalue weighted by molar-refractivity contribution is 0.484. The van der Waals surface area contributed by atoms with Gasteiger partial charge in [0.1, 0.15) is 0 Å². The first-order chi connectivity index (χ1) is 7.31. The summed E-state index contributed by atoms with van der Waals surface area (Å²) < 4.78 is 0. The van der Waals surface area contributed by atoms with Gasteiger partial charge in [0.25, 0.3) is 0 Å². The van der Waals surface area contributed by atoms with Gasteiger partial charge in [-0.15, -0.1) is 0 Å². The van der Waals surface area contributed by atoms with Crippen LogP contribution in [0.1, 0.15) is 84.5 Å². The third-order valence-corrected chi connectivity index (χ3v) is 3.16. The van der Waals surface area contributed by atoms with E-state index in [9.17, 15) is 0 Å². The first-order valence-corrected chi connectivity index (χ1v) is 7.14. The zero-order valence-corrected chi connectivity index (χ0v) is 11.1. The Morgan fingerprint density at radius 2 is 1.20 bits per heavy atom. The molecule has 0 aliphatic heterocycles. The van der Waals surface area contributed by atoms with E-state index in [1.165, 1.54) is 70.6 Å². The second-order valence-corrected chi connectivity index (χ2v) is 4.92. The van der Waals surface area contributed by atoms with Crippen molar-refractivity contribution in [1.29, 1.82) is 0 Å². The molecule has 0 N–H and O–H groups in total. The molecular formula is C15H31. The molecule has 1 atom stereocenters. The Labute approximate surface area is 97.8 Å². The largest absolute Gasteiger partial charge is 0.0654 e. The fourth-order valence-electron chi connectivity index (χ4n) is 2.12. The van der Waals surface area contributed by atoms with Crippen LogP contribution < -0.4 is 0 Å². The molecule has 0 saturated heterocycles. The first kappa shape index (κ1) is 15.0. The lowest BCUT2D eigenvalue weighted by Crippen LogP contribution is -1.93. The third-order valence-electron chi connectivity index (χ3n) is 3.16. The van der Waals surface area contributed by atoms with Gasteiger partial charge in [0, 0.05) is 0 Å². The molecule has 0 heteroatoms. The molecule has 0 aromatic heterocycles. The predicted molar refractivity (Wildman–Crippen MR) is 71.0 cm³/mol. The van der Waals surface area contributed by atoms with E-state index in [0.29, 0.717) is 0 Å². The van der Waals surface area contributed by atoms with E-state index in [4.69, 9.17) is 0 Å². The Morgan fingerprint density at radius 3 is 1.73 bits per heavy atom. The van der Waals surface area contributed by atoms with Crippen LogP contribution in [0.5, 0.6) is 0 Å². The van der Waals surface area contributed by atoms with Gasteiger partial charge in [-0.1, -0.05) is 91.4 Å². The minimum atomic E-state index is 0.718. The van der Waals surface area contributed by atoms with Crippen molar-refractivity contribution < 1.29 is 0 Å². The second kappa shape index (κ2) is 12.1. The summed E-state index contributed by atoms with van der Waals surface area (Å²) in [5.41, 5.74) is 0. The molecule has 15 heavy (non-hydrogen) atoms. The Morgan fingerprint density at radius 1 is 0.667 bits per heavy atom. The molecule has 0 nitrogen and oxygen atoms in total. The molecular weight excluding hydrogens is 180 g/mol. The Bertz CT molecular complexity index is 107.